The normalized spacial score (nSPS) is 23.3. The monoisotopic (exact) mass is 203 g/mol. The van der Waals surface area contributed by atoms with Gasteiger partial charge in [-0.25, -0.2) is 0 Å². The summed E-state index contributed by atoms with van der Waals surface area (Å²) in [7, 11) is 0. The third-order valence-electron chi connectivity index (χ3n) is 2.80. The zero-order valence-electron chi connectivity index (χ0n) is 8.41. The van der Waals surface area contributed by atoms with Crippen molar-refractivity contribution < 1.29 is 5.11 Å². The molecular formula is C10H21NOS. The predicted molar refractivity (Wildman–Crippen MR) is 59.0 cm³/mol. The Bertz CT molecular complexity index is 137. The predicted octanol–water partition coefficient (Wildman–Crippen LogP) is 1.76. The molecule has 0 amide bonds. The molecule has 1 aliphatic rings. The SMILES string of the molecule is CCC(N)C(CO)SC1CCCC1. The summed E-state index contributed by atoms with van der Waals surface area (Å²) in [6.07, 6.45) is 6.31. The van der Waals surface area contributed by atoms with Gasteiger partial charge in [-0.2, -0.15) is 11.8 Å². The van der Waals surface area contributed by atoms with Crippen molar-refractivity contribution in [3.05, 3.63) is 0 Å². The van der Waals surface area contributed by atoms with E-state index in [0.29, 0.717) is 0 Å². The van der Waals surface area contributed by atoms with Crippen LogP contribution in [0.25, 0.3) is 0 Å². The lowest BCUT2D eigenvalue weighted by Gasteiger charge is -2.23. The molecule has 3 N–H and O–H groups in total. The lowest BCUT2D eigenvalue weighted by molar-refractivity contribution is 0.280. The quantitative estimate of drug-likeness (QED) is 0.716. The molecular weight excluding hydrogens is 182 g/mol. The van der Waals surface area contributed by atoms with Gasteiger partial charge in [-0.1, -0.05) is 19.8 Å². The molecule has 0 aliphatic heterocycles. The van der Waals surface area contributed by atoms with Gasteiger partial charge in [0.15, 0.2) is 0 Å². The second-order valence-corrected chi connectivity index (χ2v) is 5.38. The largest absolute Gasteiger partial charge is 0.395 e. The van der Waals surface area contributed by atoms with Gasteiger partial charge >= 0.3 is 0 Å². The highest BCUT2D eigenvalue weighted by molar-refractivity contribution is 8.00. The highest BCUT2D eigenvalue weighted by Gasteiger charge is 2.23. The van der Waals surface area contributed by atoms with Crippen molar-refractivity contribution in [2.75, 3.05) is 6.61 Å². The summed E-state index contributed by atoms with van der Waals surface area (Å²) in [5.41, 5.74) is 5.93. The van der Waals surface area contributed by atoms with Crippen molar-refractivity contribution in [1.29, 1.82) is 0 Å². The molecule has 2 nitrogen and oxygen atoms in total. The van der Waals surface area contributed by atoms with Crippen LogP contribution in [0.3, 0.4) is 0 Å². The highest BCUT2D eigenvalue weighted by atomic mass is 32.2. The molecule has 0 spiro atoms. The number of aliphatic hydroxyl groups excluding tert-OH is 1. The third-order valence-corrected chi connectivity index (χ3v) is 4.50. The van der Waals surface area contributed by atoms with E-state index in [1.165, 1.54) is 25.7 Å². The van der Waals surface area contributed by atoms with Crippen molar-refractivity contribution in [2.45, 2.75) is 55.6 Å². The first kappa shape index (κ1) is 11.3. The summed E-state index contributed by atoms with van der Waals surface area (Å²) in [5, 5.41) is 10.2. The van der Waals surface area contributed by atoms with E-state index in [-0.39, 0.29) is 17.9 Å². The van der Waals surface area contributed by atoms with E-state index < -0.39 is 0 Å². The molecule has 0 aromatic heterocycles. The van der Waals surface area contributed by atoms with Crippen LogP contribution in [-0.2, 0) is 0 Å². The van der Waals surface area contributed by atoms with Gasteiger partial charge in [0.2, 0.25) is 0 Å². The molecule has 78 valence electrons. The third kappa shape index (κ3) is 3.49. The number of hydrogen-bond donors (Lipinski definition) is 2. The Labute approximate surface area is 85.3 Å². The Kier molecular flexibility index (Phi) is 5.14. The first-order chi connectivity index (χ1) is 6.27. The van der Waals surface area contributed by atoms with Crippen LogP contribution in [0.2, 0.25) is 0 Å². The summed E-state index contributed by atoms with van der Waals surface area (Å²) >= 11 is 1.91. The molecule has 0 heterocycles. The molecule has 1 fully saturated rings. The van der Waals surface area contributed by atoms with Crippen molar-refractivity contribution >= 4 is 11.8 Å². The van der Waals surface area contributed by atoms with E-state index in [0.717, 1.165) is 11.7 Å². The van der Waals surface area contributed by atoms with Gasteiger partial charge in [0, 0.05) is 16.5 Å². The lowest BCUT2D eigenvalue weighted by atomic mass is 10.2. The van der Waals surface area contributed by atoms with Crippen molar-refractivity contribution in [2.24, 2.45) is 5.73 Å². The fraction of sp³-hybridized carbons (Fsp3) is 1.00. The topological polar surface area (TPSA) is 46.2 Å². The first-order valence-electron chi connectivity index (χ1n) is 5.29. The van der Waals surface area contributed by atoms with Gasteiger partial charge in [0.05, 0.1) is 6.61 Å². The Morgan fingerprint density at radius 2 is 2.08 bits per heavy atom. The van der Waals surface area contributed by atoms with Crippen molar-refractivity contribution in [3.63, 3.8) is 0 Å². The Morgan fingerprint density at radius 3 is 2.54 bits per heavy atom. The van der Waals surface area contributed by atoms with Crippen molar-refractivity contribution in [1.82, 2.24) is 0 Å². The van der Waals surface area contributed by atoms with Crippen LogP contribution < -0.4 is 5.73 Å². The number of nitrogens with two attached hydrogens (primary N) is 1. The van der Waals surface area contributed by atoms with Gasteiger partial charge < -0.3 is 10.8 Å². The van der Waals surface area contributed by atoms with Crippen LogP contribution in [0.1, 0.15) is 39.0 Å². The lowest BCUT2D eigenvalue weighted by Crippen LogP contribution is -2.35. The molecule has 1 aliphatic carbocycles. The maximum atomic E-state index is 9.19. The van der Waals surface area contributed by atoms with Gasteiger partial charge in [-0.3, -0.25) is 0 Å². The maximum absolute atomic E-state index is 9.19. The smallest absolute Gasteiger partial charge is 0.0565 e. The Balaban J connectivity index is 2.29. The number of hydrogen-bond acceptors (Lipinski definition) is 3. The molecule has 2 atom stereocenters. The van der Waals surface area contributed by atoms with E-state index in [9.17, 15) is 5.11 Å². The molecule has 0 saturated heterocycles. The summed E-state index contributed by atoms with van der Waals surface area (Å²) in [5.74, 6) is 0. The number of thioether (sulfide) groups is 1. The minimum Gasteiger partial charge on any atom is -0.395 e. The molecule has 2 unspecified atom stereocenters. The zero-order chi connectivity index (χ0) is 9.68. The van der Waals surface area contributed by atoms with E-state index >= 15 is 0 Å². The molecule has 0 aromatic rings. The Hall–Kier alpha value is 0.270. The molecule has 0 aromatic carbocycles. The summed E-state index contributed by atoms with van der Waals surface area (Å²) in [6, 6.07) is 0.163. The fourth-order valence-corrected chi connectivity index (χ4v) is 3.39. The van der Waals surface area contributed by atoms with Crippen LogP contribution in [0.4, 0.5) is 0 Å². The number of aliphatic hydroxyl groups is 1. The molecule has 3 heteroatoms. The van der Waals surface area contributed by atoms with E-state index in [4.69, 9.17) is 5.73 Å². The minimum absolute atomic E-state index is 0.163. The van der Waals surface area contributed by atoms with Crippen LogP contribution in [0.15, 0.2) is 0 Å². The fourth-order valence-electron chi connectivity index (χ4n) is 1.81. The van der Waals surface area contributed by atoms with E-state index in [1.807, 2.05) is 11.8 Å². The van der Waals surface area contributed by atoms with Gasteiger partial charge in [0.25, 0.3) is 0 Å². The average Bonchev–Trinajstić information content (AvgIpc) is 2.65. The van der Waals surface area contributed by atoms with Crippen LogP contribution >= 0.6 is 11.8 Å². The van der Waals surface area contributed by atoms with E-state index in [1.54, 1.807) is 0 Å². The van der Waals surface area contributed by atoms with Crippen LogP contribution in [0, 0.1) is 0 Å². The standard InChI is InChI=1S/C10H21NOS/c1-2-9(11)10(7-12)13-8-5-3-4-6-8/h8-10,12H,2-7,11H2,1H3. The summed E-state index contributed by atoms with van der Waals surface area (Å²) < 4.78 is 0. The molecule has 13 heavy (non-hydrogen) atoms. The van der Waals surface area contributed by atoms with Gasteiger partial charge in [0.1, 0.15) is 0 Å². The molecule has 1 rings (SSSR count). The second kappa shape index (κ2) is 5.89. The van der Waals surface area contributed by atoms with Crippen LogP contribution in [-0.4, -0.2) is 28.3 Å². The second-order valence-electron chi connectivity index (χ2n) is 3.84. The average molecular weight is 203 g/mol. The minimum atomic E-state index is 0.163. The van der Waals surface area contributed by atoms with Crippen LogP contribution in [0.5, 0.6) is 0 Å². The number of rotatable bonds is 5. The van der Waals surface area contributed by atoms with Gasteiger partial charge in [-0.15, -0.1) is 0 Å². The van der Waals surface area contributed by atoms with E-state index in [2.05, 4.69) is 6.92 Å². The van der Waals surface area contributed by atoms with Crippen molar-refractivity contribution in [3.8, 4) is 0 Å². The summed E-state index contributed by atoms with van der Waals surface area (Å²) in [6.45, 7) is 2.32. The maximum Gasteiger partial charge on any atom is 0.0565 e. The molecule has 0 bridgehead atoms. The zero-order valence-corrected chi connectivity index (χ0v) is 9.22. The Morgan fingerprint density at radius 1 is 1.46 bits per heavy atom. The summed E-state index contributed by atoms with van der Waals surface area (Å²) in [4.78, 5) is 0. The molecule has 0 radical (unpaired) electrons. The molecule has 1 saturated carbocycles. The highest BCUT2D eigenvalue weighted by Crippen LogP contribution is 2.33. The first-order valence-corrected chi connectivity index (χ1v) is 6.24. The van der Waals surface area contributed by atoms with Gasteiger partial charge in [-0.05, 0) is 19.3 Å².